The first-order chi connectivity index (χ1) is 15.6. The van der Waals surface area contributed by atoms with Crippen molar-refractivity contribution in [2.24, 2.45) is 11.8 Å². The highest BCUT2D eigenvalue weighted by atomic mass is 16.1. The van der Waals surface area contributed by atoms with Gasteiger partial charge in [0.25, 0.3) is 0 Å². The van der Waals surface area contributed by atoms with Gasteiger partial charge in [0.2, 0.25) is 5.95 Å². The molecule has 5 rings (SSSR count). The van der Waals surface area contributed by atoms with Gasteiger partial charge in [-0.1, -0.05) is 6.92 Å². The molecule has 7 heteroatoms. The topological polar surface area (TPSA) is 67.2 Å². The van der Waals surface area contributed by atoms with Crippen molar-refractivity contribution < 1.29 is 4.79 Å². The summed E-state index contributed by atoms with van der Waals surface area (Å²) >= 11 is 0. The van der Waals surface area contributed by atoms with E-state index in [2.05, 4.69) is 50.3 Å². The Kier molecular flexibility index (Phi) is 5.81. The number of anilines is 2. The molecule has 5 heterocycles. The highest BCUT2D eigenvalue weighted by Gasteiger charge is 2.26. The minimum absolute atomic E-state index is 0.102. The van der Waals surface area contributed by atoms with Gasteiger partial charge in [-0.05, 0) is 56.7 Å². The van der Waals surface area contributed by atoms with Crippen molar-refractivity contribution in [2.45, 2.75) is 46.1 Å². The second-order valence-electron chi connectivity index (χ2n) is 9.43. The Hall–Kier alpha value is -2.96. The van der Waals surface area contributed by atoms with E-state index in [1.54, 1.807) is 6.20 Å². The fraction of sp³-hybridized carbons (Fsp3) is 0.520. The van der Waals surface area contributed by atoms with Crippen molar-refractivity contribution in [3.05, 3.63) is 42.5 Å². The van der Waals surface area contributed by atoms with Gasteiger partial charge in [0.15, 0.2) is 5.78 Å². The van der Waals surface area contributed by atoms with Crippen LogP contribution in [0.25, 0.3) is 11.0 Å². The quantitative estimate of drug-likeness (QED) is 0.610. The van der Waals surface area contributed by atoms with Crippen LogP contribution >= 0.6 is 0 Å². The van der Waals surface area contributed by atoms with E-state index in [-0.39, 0.29) is 5.92 Å². The van der Waals surface area contributed by atoms with Crippen LogP contribution in [0.4, 0.5) is 11.6 Å². The van der Waals surface area contributed by atoms with E-state index in [0.29, 0.717) is 12.3 Å². The van der Waals surface area contributed by atoms with E-state index in [1.165, 1.54) is 12.8 Å². The number of rotatable bonds is 5. The molecule has 2 aliphatic heterocycles. The maximum atomic E-state index is 13.2. The zero-order valence-corrected chi connectivity index (χ0v) is 19.1. The standard InChI is InChI=1S/C25H32N6O/c1-18-5-10-30(11-6-18)25-27-15-21-14-19(2)31(24(21)28-25)17-23(32)20-7-12-29(13-8-20)22-4-3-9-26-16-22/h3-4,9,14-16,18,20H,5-8,10-13,17H2,1-2H3. The summed E-state index contributed by atoms with van der Waals surface area (Å²) in [5.41, 5.74) is 3.09. The van der Waals surface area contributed by atoms with Crippen LogP contribution in [0.3, 0.4) is 0 Å². The smallest absolute Gasteiger partial charge is 0.227 e. The number of ketones is 1. The molecular formula is C25H32N6O. The summed E-state index contributed by atoms with van der Waals surface area (Å²) in [5.74, 6) is 1.97. The fourth-order valence-electron chi connectivity index (χ4n) is 5.01. The lowest BCUT2D eigenvalue weighted by atomic mass is 9.92. The number of carbonyl (C=O) groups is 1. The van der Waals surface area contributed by atoms with Crippen molar-refractivity contribution in [3.63, 3.8) is 0 Å². The normalized spacial score (nSPS) is 18.4. The lowest BCUT2D eigenvalue weighted by molar-refractivity contribution is -0.124. The summed E-state index contributed by atoms with van der Waals surface area (Å²) in [6.07, 6.45) is 9.74. The van der Waals surface area contributed by atoms with E-state index in [0.717, 1.165) is 73.3 Å². The van der Waals surface area contributed by atoms with Gasteiger partial charge in [-0.25, -0.2) is 4.98 Å². The van der Waals surface area contributed by atoms with Crippen LogP contribution in [0, 0.1) is 18.8 Å². The molecule has 2 fully saturated rings. The molecule has 168 valence electrons. The van der Waals surface area contributed by atoms with Crippen molar-refractivity contribution in [1.29, 1.82) is 0 Å². The van der Waals surface area contributed by atoms with Gasteiger partial charge < -0.3 is 14.4 Å². The minimum Gasteiger partial charge on any atom is -0.370 e. The molecule has 0 amide bonds. The van der Waals surface area contributed by atoms with Gasteiger partial charge in [0.1, 0.15) is 5.65 Å². The number of carbonyl (C=O) groups excluding carboxylic acids is 1. The van der Waals surface area contributed by atoms with E-state index in [9.17, 15) is 4.79 Å². The third-order valence-electron chi connectivity index (χ3n) is 7.17. The molecule has 2 aliphatic rings. The molecule has 0 unspecified atom stereocenters. The van der Waals surface area contributed by atoms with Crippen LogP contribution in [0.1, 0.15) is 38.3 Å². The van der Waals surface area contributed by atoms with Crippen LogP contribution in [0.2, 0.25) is 0 Å². The van der Waals surface area contributed by atoms with Gasteiger partial charge in [-0.15, -0.1) is 0 Å². The number of pyridine rings is 1. The molecule has 0 N–H and O–H groups in total. The van der Waals surface area contributed by atoms with Crippen LogP contribution in [-0.4, -0.2) is 51.5 Å². The van der Waals surface area contributed by atoms with Crippen LogP contribution in [0.15, 0.2) is 36.8 Å². The van der Waals surface area contributed by atoms with E-state index >= 15 is 0 Å². The van der Waals surface area contributed by atoms with E-state index in [4.69, 9.17) is 4.98 Å². The lowest BCUT2D eigenvalue weighted by Gasteiger charge is -2.32. The van der Waals surface area contributed by atoms with Gasteiger partial charge >= 0.3 is 0 Å². The van der Waals surface area contributed by atoms with Crippen LogP contribution in [0.5, 0.6) is 0 Å². The number of hydrogen-bond donors (Lipinski definition) is 0. The van der Waals surface area contributed by atoms with Crippen LogP contribution in [-0.2, 0) is 11.3 Å². The molecule has 0 bridgehead atoms. The van der Waals surface area contributed by atoms with Gasteiger partial charge in [0, 0.05) is 55.6 Å². The summed E-state index contributed by atoms with van der Waals surface area (Å²) < 4.78 is 2.09. The third-order valence-corrected chi connectivity index (χ3v) is 7.17. The fourth-order valence-corrected chi connectivity index (χ4v) is 5.01. The molecule has 3 aromatic rings. The van der Waals surface area contributed by atoms with Crippen molar-refractivity contribution in [1.82, 2.24) is 19.5 Å². The largest absolute Gasteiger partial charge is 0.370 e. The molecule has 3 aromatic heterocycles. The molecule has 2 saturated heterocycles. The van der Waals surface area contributed by atoms with E-state index in [1.807, 2.05) is 18.5 Å². The molecule has 32 heavy (non-hydrogen) atoms. The van der Waals surface area contributed by atoms with Crippen LogP contribution < -0.4 is 9.80 Å². The Morgan fingerprint density at radius 2 is 1.81 bits per heavy atom. The molecular weight excluding hydrogens is 400 g/mol. The average molecular weight is 433 g/mol. The zero-order chi connectivity index (χ0) is 22.1. The molecule has 0 saturated carbocycles. The first-order valence-electron chi connectivity index (χ1n) is 11.8. The molecule has 0 aliphatic carbocycles. The number of piperidine rings is 2. The average Bonchev–Trinajstić information content (AvgIpc) is 3.14. The number of hydrogen-bond acceptors (Lipinski definition) is 6. The molecule has 0 aromatic carbocycles. The number of aromatic nitrogens is 4. The minimum atomic E-state index is 0.102. The molecule has 0 radical (unpaired) electrons. The maximum Gasteiger partial charge on any atom is 0.227 e. The summed E-state index contributed by atoms with van der Waals surface area (Å²) in [6, 6.07) is 6.15. The maximum absolute atomic E-state index is 13.2. The molecule has 7 nitrogen and oxygen atoms in total. The number of nitrogens with zero attached hydrogens (tertiary/aromatic N) is 6. The Balaban J connectivity index is 1.29. The predicted octanol–water partition coefficient (Wildman–Crippen LogP) is 3.86. The van der Waals surface area contributed by atoms with Crippen molar-refractivity contribution in [2.75, 3.05) is 36.0 Å². The number of aryl methyl sites for hydroxylation is 1. The van der Waals surface area contributed by atoms with Gasteiger partial charge in [0.05, 0.1) is 18.4 Å². The second-order valence-corrected chi connectivity index (χ2v) is 9.43. The lowest BCUT2D eigenvalue weighted by Crippen LogP contribution is -2.37. The van der Waals surface area contributed by atoms with Crippen molar-refractivity contribution in [3.8, 4) is 0 Å². The summed E-state index contributed by atoms with van der Waals surface area (Å²) in [7, 11) is 0. The Morgan fingerprint density at radius 3 is 2.53 bits per heavy atom. The Morgan fingerprint density at radius 1 is 1.06 bits per heavy atom. The number of fused-ring (bicyclic) bond motifs is 1. The first kappa shape index (κ1) is 20.9. The Labute approximate surface area is 189 Å². The van der Waals surface area contributed by atoms with E-state index < -0.39 is 0 Å². The first-order valence-corrected chi connectivity index (χ1v) is 11.8. The monoisotopic (exact) mass is 432 g/mol. The second kappa shape index (κ2) is 8.88. The summed E-state index contributed by atoms with van der Waals surface area (Å²) in [4.78, 5) is 31.6. The molecule has 0 spiro atoms. The highest BCUT2D eigenvalue weighted by Crippen LogP contribution is 2.26. The molecule has 0 atom stereocenters. The number of Topliss-reactive ketones (excluding diaryl/α,β-unsaturated/α-hetero) is 1. The van der Waals surface area contributed by atoms with Gasteiger partial charge in [-0.2, -0.15) is 4.98 Å². The predicted molar refractivity (Wildman–Crippen MR) is 127 cm³/mol. The Bertz CT molecular complexity index is 1080. The highest BCUT2D eigenvalue weighted by molar-refractivity contribution is 5.84. The third kappa shape index (κ3) is 4.20. The SMILES string of the molecule is Cc1cc2cnc(N3CCC(C)CC3)nc2n1CC(=O)C1CCN(c2cccnc2)CC1. The summed E-state index contributed by atoms with van der Waals surface area (Å²) in [5, 5.41) is 1.01. The summed E-state index contributed by atoms with van der Waals surface area (Å²) in [6.45, 7) is 8.55. The van der Waals surface area contributed by atoms with Gasteiger partial charge in [-0.3, -0.25) is 9.78 Å². The van der Waals surface area contributed by atoms with Crippen molar-refractivity contribution >= 4 is 28.5 Å². The zero-order valence-electron chi connectivity index (χ0n) is 19.1.